The van der Waals surface area contributed by atoms with Crippen LogP contribution in [0.25, 0.3) is 125 Å². The Balaban J connectivity index is 1.03. The van der Waals surface area contributed by atoms with Crippen molar-refractivity contribution in [3.05, 3.63) is 329 Å². The van der Waals surface area contributed by atoms with Crippen LogP contribution in [-0.4, -0.2) is 4.57 Å². The Morgan fingerprint density at radius 3 is 1.31 bits per heavy atom. The van der Waals surface area contributed by atoms with E-state index in [-0.39, 0.29) is 38.4 Å². The highest BCUT2D eigenvalue weighted by atomic mass is 32.1. The third kappa shape index (κ3) is 12.0. The van der Waals surface area contributed by atoms with Crippen LogP contribution in [0.3, 0.4) is 0 Å². The molecule has 0 bridgehead atoms. The van der Waals surface area contributed by atoms with Gasteiger partial charge in [0.05, 0.1) is 45.2 Å². The molecule has 5 heterocycles. The van der Waals surface area contributed by atoms with Gasteiger partial charge in [-0.2, -0.15) is 0 Å². The number of benzene rings is 14. The Morgan fingerprint density at radius 2 is 0.746 bits per heavy atom. The molecule has 564 valence electrons. The van der Waals surface area contributed by atoms with Crippen LogP contribution < -0.4 is 9.80 Å². The number of hydrogen-bond donors (Lipinski definition) is 0. The first kappa shape index (κ1) is 72.7. The molecule has 0 saturated heterocycles. The molecule has 5 heteroatoms. The summed E-state index contributed by atoms with van der Waals surface area (Å²) >= 11 is 1.90. The van der Waals surface area contributed by atoms with Crippen molar-refractivity contribution >= 4 is 109 Å². The van der Waals surface area contributed by atoms with E-state index < -0.39 is 0 Å². The molecule has 14 aromatic carbocycles. The van der Waals surface area contributed by atoms with Gasteiger partial charge >= 0.3 is 0 Å². The second kappa shape index (κ2) is 26.0. The number of fused-ring (bicyclic) bond motifs is 13. The van der Waals surface area contributed by atoms with E-state index in [2.05, 4.69) is 418 Å². The van der Waals surface area contributed by atoms with Gasteiger partial charge in [-0.3, -0.25) is 0 Å². The highest BCUT2D eigenvalue weighted by Crippen LogP contribution is 2.66. The van der Waals surface area contributed by atoms with Crippen LogP contribution in [0.2, 0.25) is 0 Å². The second-order valence-corrected chi connectivity index (χ2v) is 39.6. The lowest BCUT2D eigenvalue weighted by atomic mass is 9.72. The molecule has 114 heavy (non-hydrogen) atoms. The predicted molar refractivity (Wildman–Crippen MR) is 491 cm³/mol. The van der Waals surface area contributed by atoms with Crippen molar-refractivity contribution in [1.82, 2.24) is 4.57 Å². The van der Waals surface area contributed by atoms with E-state index in [1.54, 1.807) is 0 Å². The molecule has 1 atom stereocenters. The average molecular weight is 1500 g/mol. The number of thiophene rings is 1. The molecule has 1 unspecified atom stereocenters. The molecule has 0 fully saturated rings. The largest absolute Gasteiger partial charge is 0.456 e. The Bertz CT molecular complexity index is 6660. The number of hydrogen-bond acceptors (Lipinski definition) is 4. The molecule has 2 aliphatic heterocycles. The molecule has 19 rings (SSSR count). The Morgan fingerprint density at radius 1 is 0.281 bits per heavy atom. The monoisotopic (exact) mass is 1500 g/mol. The summed E-state index contributed by atoms with van der Waals surface area (Å²) in [6.45, 7) is 42.5. The normalized spacial score (nSPS) is 14.1. The van der Waals surface area contributed by atoms with Crippen LogP contribution in [0, 0.1) is 0 Å². The first-order chi connectivity index (χ1) is 54.3. The van der Waals surface area contributed by atoms with Crippen molar-refractivity contribution in [2.75, 3.05) is 9.80 Å². The molecule has 0 saturated carbocycles. The fourth-order valence-electron chi connectivity index (χ4n) is 18.3. The maximum absolute atomic E-state index is 7.18. The first-order valence-corrected chi connectivity index (χ1v) is 41.7. The van der Waals surface area contributed by atoms with Crippen molar-refractivity contribution in [2.24, 2.45) is 0 Å². The molecule has 0 amide bonds. The molecular weight excluding hydrogens is 1400 g/mol. The molecule has 0 N–H and O–H groups in total. The molecule has 4 nitrogen and oxygen atoms in total. The summed E-state index contributed by atoms with van der Waals surface area (Å²) in [5.41, 5.74) is 34.1. The molecule has 0 aliphatic carbocycles. The first-order valence-electron chi connectivity index (χ1n) is 40.9. The highest BCUT2D eigenvalue weighted by molar-refractivity contribution is 7.26. The topological polar surface area (TPSA) is 24.6 Å². The summed E-state index contributed by atoms with van der Waals surface area (Å²) < 4.78 is 12.3. The minimum Gasteiger partial charge on any atom is -0.456 e. The average Bonchev–Trinajstić information content (AvgIpc) is 0.837. The van der Waals surface area contributed by atoms with Gasteiger partial charge in [-0.25, -0.2) is 0 Å². The van der Waals surface area contributed by atoms with Gasteiger partial charge in [0.1, 0.15) is 11.2 Å². The van der Waals surface area contributed by atoms with Gasteiger partial charge in [0.25, 0.3) is 0 Å². The van der Waals surface area contributed by atoms with E-state index in [9.17, 15) is 0 Å². The molecule has 0 spiro atoms. The van der Waals surface area contributed by atoms with Gasteiger partial charge in [-0.05, 0) is 195 Å². The molecule has 3 aromatic heterocycles. The lowest BCUT2D eigenvalue weighted by Gasteiger charge is -2.47. The zero-order chi connectivity index (χ0) is 79.2. The number of nitrogens with zero attached hydrogens (tertiary/aromatic N) is 3. The lowest BCUT2D eigenvalue weighted by Crippen LogP contribution is -2.31. The van der Waals surface area contributed by atoms with Gasteiger partial charge in [-0.1, -0.05) is 319 Å². The predicted octanol–water partition coefficient (Wildman–Crippen LogP) is 31.9. The fraction of sp³-hybridized carbons (Fsp3) is 0.229. The zero-order valence-electron chi connectivity index (χ0n) is 69.3. The Hall–Kier alpha value is -11.5. The van der Waals surface area contributed by atoms with Crippen molar-refractivity contribution in [2.45, 2.75) is 163 Å². The molecular formula is C109H101N3OS. The van der Waals surface area contributed by atoms with Crippen LogP contribution in [0.1, 0.15) is 181 Å². The minimum atomic E-state index is -0.370. The van der Waals surface area contributed by atoms with Gasteiger partial charge in [0, 0.05) is 81.1 Å². The van der Waals surface area contributed by atoms with E-state index in [4.69, 9.17) is 4.42 Å². The standard InChI is InChI=1S/C109H101N3OS/c1-104(2,3)71-45-42-66(43-46-71)82-64-95-100(80-39-29-31-41-94(80)114-95)97(68-36-26-21-27-37-68)103(82)112-89-62-77(110-86-52-47-72(105(4,5)6)58-83(86)84-59-73(106(7,8)9)48-53-87(84)110)49-50-78(89)98-85-56-69(70-54-74(107(10,11)12)57-75(55-70)108(13,14)15)44-51-88(85)111(90-60-76(109(16,17)18)61-91(112)101(90)98)102-81(65-32-22-19-23-33-65)63-93-99(79-38-28-30-40-92(79)113-93)96(102)67-34-24-20-25-35-67/h19-64,98H,1-18H3. The second-order valence-electron chi connectivity index (χ2n) is 38.6. The summed E-state index contributed by atoms with van der Waals surface area (Å²) in [6, 6.07) is 108. The zero-order valence-corrected chi connectivity index (χ0v) is 70.1. The molecule has 0 radical (unpaired) electrons. The number of anilines is 6. The summed E-state index contributed by atoms with van der Waals surface area (Å²) in [6.07, 6.45) is 0. The summed E-state index contributed by atoms with van der Waals surface area (Å²) in [5.74, 6) is -0.301. The minimum absolute atomic E-state index is 0.0759. The highest BCUT2D eigenvalue weighted by Gasteiger charge is 2.46. The quantitative estimate of drug-likeness (QED) is 0.152. The summed E-state index contributed by atoms with van der Waals surface area (Å²) in [5, 5.41) is 7.18. The molecule has 2 aliphatic rings. The Labute approximate surface area is 677 Å². The Kier molecular flexibility index (Phi) is 16.6. The van der Waals surface area contributed by atoms with Crippen LogP contribution in [0.5, 0.6) is 0 Å². The maximum atomic E-state index is 7.18. The smallest absolute Gasteiger partial charge is 0.136 e. The van der Waals surface area contributed by atoms with Crippen LogP contribution in [-0.2, 0) is 32.5 Å². The molecule has 17 aromatic rings. The van der Waals surface area contributed by atoms with Crippen molar-refractivity contribution < 1.29 is 4.42 Å². The summed E-state index contributed by atoms with van der Waals surface area (Å²) in [7, 11) is 0. The van der Waals surface area contributed by atoms with E-state index in [0.717, 1.165) is 101 Å². The van der Waals surface area contributed by atoms with Gasteiger partial charge in [0.15, 0.2) is 0 Å². The number of para-hydroxylation sites is 1. The number of aromatic nitrogens is 1. The van der Waals surface area contributed by atoms with Crippen LogP contribution in [0.15, 0.2) is 283 Å². The third-order valence-corrected chi connectivity index (χ3v) is 25.8. The number of rotatable bonds is 8. The van der Waals surface area contributed by atoms with Gasteiger partial charge in [-0.15, -0.1) is 11.3 Å². The van der Waals surface area contributed by atoms with E-state index in [1.165, 1.54) is 109 Å². The van der Waals surface area contributed by atoms with Crippen LogP contribution >= 0.6 is 11.3 Å². The van der Waals surface area contributed by atoms with Crippen molar-refractivity contribution in [3.63, 3.8) is 0 Å². The van der Waals surface area contributed by atoms with E-state index >= 15 is 0 Å². The number of furan rings is 1. The van der Waals surface area contributed by atoms with E-state index in [1.807, 2.05) is 11.3 Å². The van der Waals surface area contributed by atoms with Gasteiger partial charge < -0.3 is 18.8 Å². The van der Waals surface area contributed by atoms with Crippen molar-refractivity contribution in [3.8, 4) is 61.3 Å². The van der Waals surface area contributed by atoms with Crippen LogP contribution in [0.4, 0.5) is 34.1 Å². The van der Waals surface area contributed by atoms with Gasteiger partial charge in [0.2, 0.25) is 0 Å². The lowest BCUT2D eigenvalue weighted by molar-refractivity contribution is 0.569. The SMILES string of the molecule is CC(C)(C)c1ccc(-c2cc3sc4ccccc4c3c(-c3ccccc3)c2N2c3cc(-n4c5ccc(C(C)(C)C)cc5c5cc(C(C)(C)C)ccc54)ccc3C3c4cc(-c5cc(C(C)(C)C)cc(C(C)(C)C)c5)ccc4N(c4c(-c5ccccc5)cc5oc6ccccc6c5c4-c4ccccc4)c4cc(C(C)(C)C)cc2c43)cc1. The fourth-order valence-corrected chi connectivity index (χ4v) is 19.5. The maximum Gasteiger partial charge on any atom is 0.136 e. The van der Waals surface area contributed by atoms with E-state index in [0.29, 0.717) is 0 Å². The van der Waals surface area contributed by atoms with Crippen molar-refractivity contribution in [1.29, 1.82) is 0 Å². The third-order valence-electron chi connectivity index (χ3n) is 24.7. The summed E-state index contributed by atoms with van der Waals surface area (Å²) in [4.78, 5) is 5.53.